The van der Waals surface area contributed by atoms with Gasteiger partial charge in [0.1, 0.15) is 0 Å². The van der Waals surface area contributed by atoms with E-state index in [1.807, 2.05) is 12.4 Å². The minimum atomic E-state index is 0.653. The molecular weight excluding hydrogens is 222 g/mol. The molecule has 1 fully saturated rings. The minimum Gasteiger partial charge on any atom is -0.311 e. The molecule has 0 spiro atoms. The number of nitrogens with zero attached hydrogens (tertiary/aromatic N) is 2. The second-order valence-electron chi connectivity index (χ2n) is 5.24. The molecule has 1 aliphatic heterocycles. The van der Waals surface area contributed by atoms with E-state index in [1.165, 1.54) is 31.4 Å². The number of rotatable bonds is 5. The number of hydrogen-bond donors (Lipinski definition) is 1. The van der Waals surface area contributed by atoms with Crippen molar-refractivity contribution >= 4 is 0 Å². The van der Waals surface area contributed by atoms with E-state index >= 15 is 0 Å². The first kappa shape index (κ1) is 13.5. The molecule has 2 rings (SSSR count). The van der Waals surface area contributed by atoms with Crippen molar-refractivity contribution in [2.75, 3.05) is 13.1 Å². The predicted molar refractivity (Wildman–Crippen MR) is 75.4 cm³/mol. The summed E-state index contributed by atoms with van der Waals surface area (Å²) in [5.41, 5.74) is 1.38. The Labute approximate surface area is 111 Å². The van der Waals surface area contributed by atoms with Crippen molar-refractivity contribution in [2.45, 2.75) is 51.7 Å². The van der Waals surface area contributed by atoms with Gasteiger partial charge in [-0.3, -0.25) is 9.88 Å². The Balaban J connectivity index is 2.00. The highest BCUT2D eigenvalue weighted by Crippen LogP contribution is 2.16. The second kappa shape index (κ2) is 6.86. The van der Waals surface area contributed by atoms with Crippen LogP contribution in [-0.2, 0) is 6.54 Å². The minimum absolute atomic E-state index is 0.653. The van der Waals surface area contributed by atoms with Gasteiger partial charge in [-0.1, -0.05) is 20.3 Å². The van der Waals surface area contributed by atoms with Gasteiger partial charge in [0.15, 0.2) is 0 Å². The maximum absolute atomic E-state index is 4.09. The lowest BCUT2D eigenvalue weighted by atomic mass is 10.0. The summed E-state index contributed by atoms with van der Waals surface area (Å²) in [5, 5.41) is 3.67. The molecule has 0 amide bonds. The number of pyridine rings is 1. The Hall–Kier alpha value is -0.930. The van der Waals surface area contributed by atoms with Crippen LogP contribution in [0, 0.1) is 0 Å². The first-order valence-electron chi connectivity index (χ1n) is 7.19. The zero-order chi connectivity index (χ0) is 12.8. The van der Waals surface area contributed by atoms with Crippen LogP contribution in [0.25, 0.3) is 0 Å². The van der Waals surface area contributed by atoms with E-state index < -0.39 is 0 Å². The summed E-state index contributed by atoms with van der Waals surface area (Å²) in [4.78, 5) is 6.74. The average molecular weight is 247 g/mol. The fourth-order valence-corrected chi connectivity index (χ4v) is 2.74. The Morgan fingerprint density at radius 1 is 1.33 bits per heavy atom. The lowest BCUT2D eigenvalue weighted by Crippen LogP contribution is -2.55. The van der Waals surface area contributed by atoms with Crippen molar-refractivity contribution in [3.63, 3.8) is 0 Å². The number of hydrogen-bond acceptors (Lipinski definition) is 3. The van der Waals surface area contributed by atoms with Crippen LogP contribution in [0.3, 0.4) is 0 Å². The Bertz CT molecular complexity index is 339. The smallest absolute Gasteiger partial charge is 0.0271 e. The van der Waals surface area contributed by atoms with Gasteiger partial charge in [-0.05, 0) is 30.5 Å². The van der Waals surface area contributed by atoms with Crippen molar-refractivity contribution in [2.24, 2.45) is 0 Å². The molecule has 1 aromatic heterocycles. The molecule has 0 saturated carbocycles. The standard InChI is InChI=1S/C15H25N3/c1-3-5-15-10-17-14(4-2)12-18(15)11-13-6-8-16-9-7-13/h6-9,14-15,17H,3-5,10-12H2,1-2H3. The van der Waals surface area contributed by atoms with Crippen LogP contribution in [0.15, 0.2) is 24.5 Å². The lowest BCUT2D eigenvalue weighted by molar-refractivity contribution is 0.113. The monoisotopic (exact) mass is 247 g/mol. The van der Waals surface area contributed by atoms with Crippen molar-refractivity contribution in [1.29, 1.82) is 0 Å². The molecule has 1 aromatic rings. The summed E-state index contributed by atoms with van der Waals surface area (Å²) in [7, 11) is 0. The molecule has 1 N–H and O–H groups in total. The molecule has 2 atom stereocenters. The Morgan fingerprint density at radius 3 is 2.78 bits per heavy atom. The van der Waals surface area contributed by atoms with Gasteiger partial charge in [-0.25, -0.2) is 0 Å². The third kappa shape index (κ3) is 3.53. The van der Waals surface area contributed by atoms with Gasteiger partial charge in [0, 0.05) is 44.1 Å². The van der Waals surface area contributed by atoms with E-state index in [0.717, 1.165) is 13.1 Å². The molecule has 0 bridgehead atoms. The molecule has 100 valence electrons. The fourth-order valence-electron chi connectivity index (χ4n) is 2.74. The number of piperazine rings is 1. The molecule has 3 heteroatoms. The van der Waals surface area contributed by atoms with Gasteiger partial charge in [0.2, 0.25) is 0 Å². The lowest BCUT2D eigenvalue weighted by Gasteiger charge is -2.40. The van der Waals surface area contributed by atoms with Gasteiger partial charge in [0.25, 0.3) is 0 Å². The number of nitrogens with one attached hydrogen (secondary N) is 1. The first-order chi connectivity index (χ1) is 8.83. The summed E-state index contributed by atoms with van der Waals surface area (Å²) < 4.78 is 0. The predicted octanol–water partition coefficient (Wildman–Crippen LogP) is 2.43. The molecule has 18 heavy (non-hydrogen) atoms. The highest BCUT2D eigenvalue weighted by atomic mass is 15.2. The van der Waals surface area contributed by atoms with Gasteiger partial charge >= 0.3 is 0 Å². The Kier molecular flexibility index (Phi) is 5.14. The quantitative estimate of drug-likeness (QED) is 0.866. The summed E-state index contributed by atoms with van der Waals surface area (Å²) in [6.45, 7) is 7.91. The third-order valence-electron chi connectivity index (χ3n) is 3.86. The highest BCUT2D eigenvalue weighted by Gasteiger charge is 2.26. The maximum atomic E-state index is 4.09. The van der Waals surface area contributed by atoms with Gasteiger partial charge in [-0.15, -0.1) is 0 Å². The largest absolute Gasteiger partial charge is 0.311 e. The van der Waals surface area contributed by atoms with Crippen LogP contribution in [0.2, 0.25) is 0 Å². The van der Waals surface area contributed by atoms with Crippen molar-refractivity contribution in [1.82, 2.24) is 15.2 Å². The summed E-state index contributed by atoms with van der Waals surface area (Å²) in [6, 6.07) is 5.60. The van der Waals surface area contributed by atoms with Gasteiger partial charge < -0.3 is 5.32 Å². The molecule has 2 heterocycles. The van der Waals surface area contributed by atoms with Crippen molar-refractivity contribution in [3.05, 3.63) is 30.1 Å². The maximum Gasteiger partial charge on any atom is 0.0271 e. The Morgan fingerprint density at radius 2 is 2.11 bits per heavy atom. The topological polar surface area (TPSA) is 28.2 Å². The third-order valence-corrected chi connectivity index (χ3v) is 3.86. The summed E-state index contributed by atoms with van der Waals surface area (Å²) in [5.74, 6) is 0. The summed E-state index contributed by atoms with van der Waals surface area (Å²) >= 11 is 0. The van der Waals surface area contributed by atoms with Gasteiger partial charge in [0.05, 0.1) is 0 Å². The van der Waals surface area contributed by atoms with Crippen LogP contribution >= 0.6 is 0 Å². The molecular formula is C15H25N3. The van der Waals surface area contributed by atoms with E-state index in [0.29, 0.717) is 12.1 Å². The molecule has 2 unspecified atom stereocenters. The zero-order valence-electron chi connectivity index (χ0n) is 11.6. The first-order valence-corrected chi connectivity index (χ1v) is 7.19. The van der Waals surface area contributed by atoms with Crippen LogP contribution in [0.1, 0.15) is 38.7 Å². The van der Waals surface area contributed by atoms with Crippen molar-refractivity contribution < 1.29 is 0 Å². The molecule has 0 aromatic carbocycles. The highest BCUT2D eigenvalue weighted by molar-refractivity contribution is 5.10. The molecule has 3 nitrogen and oxygen atoms in total. The van der Waals surface area contributed by atoms with E-state index in [9.17, 15) is 0 Å². The zero-order valence-corrected chi connectivity index (χ0v) is 11.6. The van der Waals surface area contributed by atoms with Gasteiger partial charge in [-0.2, -0.15) is 0 Å². The van der Waals surface area contributed by atoms with E-state index in [1.54, 1.807) is 0 Å². The van der Waals surface area contributed by atoms with E-state index in [4.69, 9.17) is 0 Å². The van der Waals surface area contributed by atoms with Crippen LogP contribution in [-0.4, -0.2) is 35.1 Å². The van der Waals surface area contributed by atoms with Crippen LogP contribution in [0.4, 0.5) is 0 Å². The number of aromatic nitrogens is 1. The molecule has 0 radical (unpaired) electrons. The summed E-state index contributed by atoms with van der Waals surface area (Å²) in [6.07, 6.45) is 7.55. The normalized spacial score (nSPS) is 25.2. The van der Waals surface area contributed by atoms with Crippen LogP contribution in [0.5, 0.6) is 0 Å². The second-order valence-corrected chi connectivity index (χ2v) is 5.24. The van der Waals surface area contributed by atoms with E-state index in [2.05, 4.69) is 41.2 Å². The van der Waals surface area contributed by atoms with Crippen LogP contribution < -0.4 is 5.32 Å². The fraction of sp³-hybridized carbons (Fsp3) is 0.667. The molecule has 1 aliphatic rings. The molecule has 0 aliphatic carbocycles. The van der Waals surface area contributed by atoms with E-state index in [-0.39, 0.29) is 0 Å². The SMILES string of the molecule is CCCC1CNC(CC)CN1Cc1ccncc1. The average Bonchev–Trinajstić information content (AvgIpc) is 2.42. The molecule has 1 saturated heterocycles. The van der Waals surface area contributed by atoms with Crippen molar-refractivity contribution in [3.8, 4) is 0 Å².